The van der Waals surface area contributed by atoms with Gasteiger partial charge >= 0.3 is 33.2 Å². The third-order valence-corrected chi connectivity index (χ3v) is 7.70. The van der Waals surface area contributed by atoms with Gasteiger partial charge in [0.25, 0.3) is 0 Å². The molecule has 13 heteroatoms. The zero-order valence-corrected chi connectivity index (χ0v) is 20.1. The number of carbonyl (C=O) groups is 2. The Kier molecular flexibility index (Phi) is 6.84. The number of ether oxygens (including phenoxy) is 3. The van der Waals surface area contributed by atoms with E-state index in [0.29, 0.717) is 25.7 Å². The molecule has 0 aromatic heterocycles. The molecule has 196 valence electrons. The summed E-state index contributed by atoms with van der Waals surface area (Å²) in [6.45, 7) is 3.69. The van der Waals surface area contributed by atoms with Crippen molar-refractivity contribution < 1.29 is 54.3 Å². The minimum Gasteiger partial charge on any atom is -0.465 e. The Morgan fingerprint density at radius 1 is 1.03 bits per heavy atom. The molecule has 1 N–H and O–H groups in total. The molecule has 0 amide bonds. The lowest BCUT2D eigenvalue weighted by molar-refractivity contribution is -0.217. The highest BCUT2D eigenvalue weighted by Crippen LogP contribution is 2.63. The smallest absolute Gasteiger partial charge is 0.431 e. The van der Waals surface area contributed by atoms with Crippen LogP contribution in [0.2, 0.25) is 0 Å². The van der Waals surface area contributed by atoms with Crippen LogP contribution in [-0.4, -0.2) is 60.5 Å². The normalized spacial score (nSPS) is 31.4. The summed E-state index contributed by atoms with van der Waals surface area (Å²) in [4.78, 5) is 25.0. The predicted octanol–water partition coefficient (Wildman–Crippen LogP) is 3.73. The Bertz CT molecular complexity index is 914. The molecule has 4 saturated carbocycles. The third-order valence-electron chi connectivity index (χ3n) is 6.76. The maximum absolute atomic E-state index is 13.7. The van der Waals surface area contributed by atoms with Gasteiger partial charge in [-0.15, -0.1) is 0 Å². The van der Waals surface area contributed by atoms with Gasteiger partial charge in [-0.05, 0) is 71.1 Å². The second-order valence-electron chi connectivity index (χ2n) is 10.9. The van der Waals surface area contributed by atoms with E-state index in [1.54, 1.807) is 20.8 Å². The topological polar surface area (TPSA) is 116 Å². The van der Waals surface area contributed by atoms with E-state index in [0.717, 1.165) is 6.42 Å². The second kappa shape index (κ2) is 8.58. The summed E-state index contributed by atoms with van der Waals surface area (Å²) in [5.74, 6) is -6.34. The zero-order chi connectivity index (χ0) is 25.8. The van der Waals surface area contributed by atoms with Crippen molar-refractivity contribution in [2.45, 2.75) is 88.1 Å². The molecule has 4 bridgehead atoms. The van der Waals surface area contributed by atoms with Crippen LogP contribution in [0, 0.1) is 17.3 Å². The van der Waals surface area contributed by atoms with E-state index in [1.807, 2.05) is 0 Å². The molecule has 4 aliphatic rings. The summed E-state index contributed by atoms with van der Waals surface area (Å²) in [5.41, 5.74) is -2.53. The van der Waals surface area contributed by atoms with Crippen molar-refractivity contribution in [3.05, 3.63) is 0 Å². The van der Waals surface area contributed by atoms with Crippen molar-refractivity contribution in [3.63, 3.8) is 0 Å². The second-order valence-corrected chi connectivity index (χ2v) is 12.3. The van der Waals surface area contributed by atoms with Crippen molar-refractivity contribution >= 4 is 22.1 Å². The molecule has 0 saturated heterocycles. The molecule has 0 aromatic carbocycles. The number of hydrogen-bond acceptors (Lipinski definition) is 7. The summed E-state index contributed by atoms with van der Waals surface area (Å²) in [6, 6.07) is 0. The average molecular weight is 519 g/mol. The van der Waals surface area contributed by atoms with Crippen molar-refractivity contribution in [1.82, 2.24) is 0 Å². The van der Waals surface area contributed by atoms with Gasteiger partial charge in [0, 0.05) is 0 Å². The highest BCUT2D eigenvalue weighted by atomic mass is 32.2. The minimum atomic E-state index is -6.36. The van der Waals surface area contributed by atoms with Gasteiger partial charge in [0.2, 0.25) is 0 Å². The SMILES string of the molecule is CC(C)(C)OC(=O)COC12CC3CC(C1)CC(C(=O)OCCC(F)(F)C(F)(F)S(=O)(=O)O)(C3)C2. The van der Waals surface area contributed by atoms with Crippen molar-refractivity contribution in [2.24, 2.45) is 17.3 Å². The molecule has 4 fully saturated rings. The van der Waals surface area contributed by atoms with Gasteiger partial charge in [0.05, 0.1) is 24.0 Å². The average Bonchev–Trinajstić information content (AvgIpc) is 2.63. The highest BCUT2D eigenvalue weighted by molar-refractivity contribution is 7.87. The number of hydrogen-bond donors (Lipinski definition) is 1. The van der Waals surface area contributed by atoms with Crippen molar-refractivity contribution in [2.75, 3.05) is 13.2 Å². The molecule has 4 aliphatic carbocycles. The van der Waals surface area contributed by atoms with Crippen molar-refractivity contribution in [3.8, 4) is 0 Å². The molecule has 4 rings (SSSR count). The van der Waals surface area contributed by atoms with E-state index in [9.17, 15) is 35.6 Å². The maximum Gasteiger partial charge on any atom is 0.431 e. The van der Waals surface area contributed by atoms with E-state index in [2.05, 4.69) is 0 Å². The third kappa shape index (κ3) is 5.35. The van der Waals surface area contributed by atoms with Crippen molar-refractivity contribution in [1.29, 1.82) is 0 Å². The predicted molar refractivity (Wildman–Crippen MR) is 109 cm³/mol. The lowest BCUT2D eigenvalue weighted by Gasteiger charge is -2.60. The summed E-state index contributed by atoms with van der Waals surface area (Å²) in [5, 5.41) is -5.72. The first kappa shape index (κ1) is 27.1. The lowest BCUT2D eigenvalue weighted by atomic mass is 9.48. The number of carbonyl (C=O) groups excluding carboxylic acids is 2. The molecule has 0 heterocycles. The van der Waals surface area contributed by atoms with Gasteiger partial charge < -0.3 is 14.2 Å². The molecule has 2 atom stereocenters. The summed E-state index contributed by atoms with van der Waals surface area (Å²) >= 11 is 0. The van der Waals surface area contributed by atoms with Gasteiger partial charge in [-0.3, -0.25) is 9.35 Å². The molecule has 0 radical (unpaired) electrons. The fraction of sp³-hybridized carbons (Fsp3) is 0.905. The van der Waals surface area contributed by atoms with Crippen LogP contribution in [-0.2, 0) is 33.9 Å². The van der Waals surface area contributed by atoms with Gasteiger partial charge in [0.1, 0.15) is 12.2 Å². The summed E-state index contributed by atoms with van der Waals surface area (Å²) in [7, 11) is -6.36. The van der Waals surface area contributed by atoms with E-state index >= 15 is 0 Å². The lowest BCUT2D eigenvalue weighted by Crippen LogP contribution is -2.60. The van der Waals surface area contributed by atoms with Crippen LogP contribution in [0.5, 0.6) is 0 Å². The first-order chi connectivity index (χ1) is 15.3. The molecular weight excluding hydrogens is 488 g/mol. The van der Waals surface area contributed by atoms with Crippen LogP contribution < -0.4 is 0 Å². The first-order valence-corrected chi connectivity index (χ1v) is 12.5. The summed E-state index contributed by atoms with van der Waals surface area (Å²) in [6.07, 6.45) is 1.38. The van der Waals surface area contributed by atoms with Crippen LogP contribution in [0.3, 0.4) is 0 Å². The maximum atomic E-state index is 13.7. The molecule has 0 aromatic rings. The molecule has 0 aliphatic heterocycles. The monoisotopic (exact) mass is 518 g/mol. The van der Waals surface area contributed by atoms with E-state index < -0.39 is 62.9 Å². The first-order valence-electron chi connectivity index (χ1n) is 11.1. The van der Waals surface area contributed by atoms with E-state index in [4.69, 9.17) is 18.8 Å². The van der Waals surface area contributed by atoms with Crippen LogP contribution in [0.25, 0.3) is 0 Å². The van der Waals surface area contributed by atoms with Gasteiger partial charge in [-0.25, -0.2) is 4.79 Å². The molecular formula is C21H30F4O8S. The highest BCUT2D eigenvalue weighted by Gasteiger charge is 2.66. The van der Waals surface area contributed by atoms with Crippen LogP contribution >= 0.6 is 0 Å². The number of esters is 2. The Morgan fingerprint density at radius 2 is 1.59 bits per heavy atom. The molecule has 8 nitrogen and oxygen atoms in total. The fourth-order valence-electron chi connectivity index (χ4n) is 5.93. The Balaban J connectivity index is 1.64. The van der Waals surface area contributed by atoms with E-state index in [-0.39, 0.29) is 24.9 Å². The number of halogens is 4. The van der Waals surface area contributed by atoms with E-state index in [1.165, 1.54) is 0 Å². The standard InChI is InChI=1S/C21H30F4O8S/c1-17(2,3)33-15(26)11-32-19-9-13-6-14(10-19)8-18(7-13,12-19)16(27)31-5-4-20(22,23)21(24,25)34(28,29)30/h13-14H,4-12H2,1-3H3,(H,28,29,30). The Labute approximate surface area is 195 Å². The largest absolute Gasteiger partial charge is 0.465 e. The van der Waals surface area contributed by atoms with Gasteiger partial charge in [-0.2, -0.15) is 26.0 Å². The molecule has 34 heavy (non-hydrogen) atoms. The van der Waals surface area contributed by atoms with Gasteiger partial charge in [-0.1, -0.05) is 0 Å². The van der Waals surface area contributed by atoms with Crippen LogP contribution in [0.1, 0.15) is 65.7 Å². The van der Waals surface area contributed by atoms with Gasteiger partial charge in [0.15, 0.2) is 0 Å². The fourth-order valence-corrected chi connectivity index (χ4v) is 6.41. The Hall–Kier alpha value is -1.47. The quantitative estimate of drug-likeness (QED) is 0.279. The van der Waals surface area contributed by atoms with Crippen LogP contribution in [0.4, 0.5) is 17.6 Å². The zero-order valence-electron chi connectivity index (χ0n) is 19.2. The summed E-state index contributed by atoms with van der Waals surface area (Å²) < 4.78 is 100.0. The molecule has 0 spiro atoms. The number of alkyl halides is 4. The number of rotatable bonds is 9. The molecule has 2 unspecified atom stereocenters. The van der Waals surface area contributed by atoms with Crippen LogP contribution in [0.15, 0.2) is 0 Å². The minimum absolute atomic E-state index is 0.0951. The Morgan fingerprint density at radius 3 is 2.09 bits per heavy atom.